The Kier molecular flexibility index (Phi) is 7.29. The van der Waals surface area contributed by atoms with Gasteiger partial charge in [0.1, 0.15) is 23.9 Å². The maximum Gasteiger partial charge on any atom is 0.249 e. The number of para-hydroxylation sites is 1. The van der Waals surface area contributed by atoms with Crippen LogP contribution in [0, 0.1) is 13.8 Å². The molecule has 0 spiro atoms. The zero-order valence-electron chi connectivity index (χ0n) is 22.1. The minimum absolute atomic E-state index is 0.0862. The van der Waals surface area contributed by atoms with Crippen LogP contribution in [0.1, 0.15) is 43.5 Å². The number of carbonyl (C=O) groups is 2. The second-order valence-corrected chi connectivity index (χ2v) is 10.2. The molecule has 0 fully saturated rings. The van der Waals surface area contributed by atoms with Gasteiger partial charge in [0.05, 0.1) is 12.6 Å². The molecule has 8 heteroatoms. The van der Waals surface area contributed by atoms with Gasteiger partial charge in [-0.2, -0.15) is 0 Å². The molecule has 0 aliphatic carbocycles. The third kappa shape index (κ3) is 5.80. The number of aromatic nitrogens is 3. The smallest absolute Gasteiger partial charge is 0.249 e. The highest BCUT2D eigenvalue weighted by Crippen LogP contribution is 2.33. The van der Waals surface area contributed by atoms with Crippen LogP contribution in [-0.4, -0.2) is 39.5 Å². The minimum Gasteiger partial charge on any atom is -0.497 e. The first-order valence-electron chi connectivity index (χ1n) is 12.2. The van der Waals surface area contributed by atoms with E-state index in [1.54, 1.807) is 22.8 Å². The molecule has 192 valence electrons. The molecular weight excluding hydrogens is 466 g/mol. The van der Waals surface area contributed by atoms with E-state index in [2.05, 4.69) is 15.6 Å². The van der Waals surface area contributed by atoms with E-state index in [0.717, 1.165) is 16.6 Å². The summed E-state index contributed by atoms with van der Waals surface area (Å²) < 4.78 is 7.01. The number of anilines is 1. The Morgan fingerprint density at radius 3 is 2.49 bits per heavy atom. The molecule has 1 aromatic heterocycles. The lowest BCUT2D eigenvalue weighted by atomic mass is 9.99. The third-order valence-electron chi connectivity index (χ3n) is 6.00. The first-order chi connectivity index (χ1) is 17.6. The average molecular weight is 500 g/mol. The molecule has 0 aliphatic heterocycles. The predicted octanol–water partition coefficient (Wildman–Crippen LogP) is 4.75. The Hall–Kier alpha value is -4.20. The summed E-state index contributed by atoms with van der Waals surface area (Å²) in [5, 5.41) is 11.5. The molecular formula is C29H33N5O3. The Balaban J connectivity index is 1.87. The molecule has 0 aliphatic rings. The van der Waals surface area contributed by atoms with E-state index in [1.807, 2.05) is 95.3 Å². The van der Waals surface area contributed by atoms with E-state index < -0.39 is 11.6 Å². The number of carbonyl (C=O) groups excluding carboxylic acids is 2. The quantitative estimate of drug-likeness (QED) is 0.397. The van der Waals surface area contributed by atoms with E-state index in [4.69, 9.17) is 4.74 Å². The van der Waals surface area contributed by atoms with Gasteiger partial charge >= 0.3 is 0 Å². The normalized spacial score (nSPS) is 12.3. The molecule has 0 saturated heterocycles. The number of methoxy groups -OCH3 is 1. The molecule has 3 aromatic carbocycles. The van der Waals surface area contributed by atoms with Crippen molar-refractivity contribution in [3.63, 3.8) is 0 Å². The van der Waals surface area contributed by atoms with Crippen LogP contribution in [-0.2, 0) is 16.1 Å². The number of rotatable bonds is 7. The lowest BCUT2D eigenvalue weighted by Crippen LogP contribution is -2.50. The molecule has 0 radical (unpaired) electrons. The maximum atomic E-state index is 14.2. The molecule has 2 amide bonds. The zero-order valence-corrected chi connectivity index (χ0v) is 22.1. The Bertz CT molecular complexity index is 1440. The summed E-state index contributed by atoms with van der Waals surface area (Å²) >= 11 is 0. The topological polar surface area (TPSA) is 89.4 Å². The molecule has 0 bridgehead atoms. The minimum atomic E-state index is -0.946. The fourth-order valence-electron chi connectivity index (χ4n) is 4.40. The number of hydrogen-bond acceptors (Lipinski definition) is 5. The van der Waals surface area contributed by atoms with E-state index in [9.17, 15) is 9.59 Å². The van der Waals surface area contributed by atoms with Crippen LogP contribution in [0.25, 0.3) is 11.0 Å². The lowest BCUT2D eigenvalue weighted by molar-refractivity contribution is -0.128. The fraction of sp³-hybridized carbons (Fsp3) is 0.310. The van der Waals surface area contributed by atoms with Crippen LogP contribution in [0.15, 0.2) is 66.7 Å². The van der Waals surface area contributed by atoms with Crippen molar-refractivity contribution in [3.8, 4) is 5.75 Å². The van der Waals surface area contributed by atoms with Crippen LogP contribution in [0.2, 0.25) is 0 Å². The number of nitrogens with zero attached hydrogens (tertiary/aromatic N) is 4. The summed E-state index contributed by atoms with van der Waals surface area (Å²) in [6, 6.07) is 19.6. The van der Waals surface area contributed by atoms with E-state index >= 15 is 0 Å². The number of ether oxygens (including phenoxy) is 1. The van der Waals surface area contributed by atoms with Gasteiger partial charge in [0.15, 0.2) is 0 Å². The van der Waals surface area contributed by atoms with Crippen LogP contribution >= 0.6 is 0 Å². The van der Waals surface area contributed by atoms with Crippen LogP contribution in [0.5, 0.6) is 5.75 Å². The molecule has 1 atom stereocenters. The summed E-state index contributed by atoms with van der Waals surface area (Å²) in [6.07, 6.45) is 0. The highest BCUT2D eigenvalue weighted by molar-refractivity contribution is 6.02. The van der Waals surface area contributed by atoms with Crippen molar-refractivity contribution in [3.05, 3.63) is 83.4 Å². The van der Waals surface area contributed by atoms with Crippen molar-refractivity contribution in [1.29, 1.82) is 0 Å². The van der Waals surface area contributed by atoms with E-state index in [1.165, 1.54) is 0 Å². The van der Waals surface area contributed by atoms with E-state index in [0.29, 0.717) is 22.5 Å². The number of amides is 2. The number of nitrogens with one attached hydrogen (secondary N) is 1. The first-order valence-corrected chi connectivity index (χ1v) is 12.2. The van der Waals surface area contributed by atoms with Gasteiger partial charge in [0.2, 0.25) is 11.8 Å². The van der Waals surface area contributed by atoms with Crippen LogP contribution < -0.4 is 15.0 Å². The highest BCUT2D eigenvalue weighted by atomic mass is 16.5. The lowest BCUT2D eigenvalue weighted by Gasteiger charge is -2.34. The first kappa shape index (κ1) is 25.9. The van der Waals surface area contributed by atoms with Crippen molar-refractivity contribution in [2.24, 2.45) is 0 Å². The molecule has 1 heterocycles. The van der Waals surface area contributed by atoms with Gasteiger partial charge < -0.3 is 10.1 Å². The molecule has 4 rings (SSSR count). The summed E-state index contributed by atoms with van der Waals surface area (Å²) in [7, 11) is 1.58. The van der Waals surface area contributed by atoms with Crippen molar-refractivity contribution < 1.29 is 14.3 Å². The molecule has 0 saturated carbocycles. The van der Waals surface area contributed by atoms with Gasteiger partial charge in [-0.15, -0.1) is 5.10 Å². The standard InChI is InChI=1S/C29H33N5O3/c1-19-14-15-24(20(2)16-19)34(26(35)18-33-25-13-8-7-12-23(25)31-32-33)27(28(36)30-29(3,4)5)21-10-9-11-22(17-21)37-6/h7-17,27H,18H2,1-6H3,(H,30,36)/t27-/m1/s1. The Morgan fingerprint density at radius 2 is 1.78 bits per heavy atom. The summed E-state index contributed by atoms with van der Waals surface area (Å²) in [4.78, 5) is 29.6. The summed E-state index contributed by atoms with van der Waals surface area (Å²) in [5.74, 6) is 0.0124. The van der Waals surface area contributed by atoms with Gasteiger partial charge in [0.25, 0.3) is 0 Å². The van der Waals surface area contributed by atoms with Gasteiger partial charge in [0, 0.05) is 11.2 Å². The zero-order chi connectivity index (χ0) is 26.7. The van der Waals surface area contributed by atoms with Crippen molar-refractivity contribution in [1.82, 2.24) is 20.3 Å². The van der Waals surface area contributed by atoms with Crippen LogP contribution in [0.4, 0.5) is 5.69 Å². The number of hydrogen-bond donors (Lipinski definition) is 1. The Labute approximate surface area is 217 Å². The SMILES string of the molecule is COc1cccc([C@H](C(=O)NC(C)(C)C)N(C(=O)Cn2nnc3ccccc32)c2ccc(C)cc2C)c1. The summed E-state index contributed by atoms with van der Waals surface area (Å²) in [5.41, 5.74) is 4.17. The Morgan fingerprint density at radius 1 is 1.03 bits per heavy atom. The second-order valence-electron chi connectivity index (χ2n) is 10.2. The van der Waals surface area contributed by atoms with Crippen molar-refractivity contribution >= 4 is 28.5 Å². The van der Waals surface area contributed by atoms with Gasteiger partial charge in [-0.1, -0.05) is 47.2 Å². The number of fused-ring (bicyclic) bond motifs is 1. The van der Waals surface area contributed by atoms with Crippen molar-refractivity contribution in [2.75, 3.05) is 12.0 Å². The highest BCUT2D eigenvalue weighted by Gasteiger charge is 2.35. The monoisotopic (exact) mass is 499 g/mol. The molecule has 37 heavy (non-hydrogen) atoms. The molecule has 8 nitrogen and oxygen atoms in total. The van der Waals surface area contributed by atoms with Gasteiger partial charge in [-0.05, 0) is 76.1 Å². The van der Waals surface area contributed by atoms with Crippen molar-refractivity contribution in [2.45, 2.75) is 52.7 Å². The number of aryl methyl sites for hydroxylation is 2. The summed E-state index contributed by atoms with van der Waals surface area (Å²) in [6.45, 7) is 9.60. The maximum absolute atomic E-state index is 14.2. The van der Waals surface area contributed by atoms with Crippen LogP contribution in [0.3, 0.4) is 0 Å². The predicted molar refractivity (Wildman–Crippen MR) is 145 cm³/mol. The number of benzene rings is 3. The van der Waals surface area contributed by atoms with Gasteiger partial charge in [-0.25, -0.2) is 4.68 Å². The molecule has 4 aromatic rings. The van der Waals surface area contributed by atoms with Gasteiger partial charge in [-0.3, -0.25) is 14.5 Å². The molecule has 1 N–H and O–H groups in total. The molecule has 0 unspecified atom stereocenters. The second kappa shape index (κ2) is 10.4. The third-order valence-corrected chi connectivity index (χ3v) is 6.00. The largest absolute Gasteiger partial charge is 0.497 e. The average Bonchev–Trinajstić information content (AvgIpc) is 3.24. The van der Waals surface area contributed by atoms with E-state index in [-0.39, 0.29) is 18.4 Å². The fourth-order valence-corrected chi connectivity index (χ4v) is 4.40.